The van der Waals surface area contributed by atoms with E-state index >= 15 is 0 Å². The Hall–Kier alpha value is -1.69. The largest absolute Gasteiger partial charge is 0.298 e. The second kappa shape index (κ2) is 5.60. The fourth-order valence-electron chi connectivity index (χ4n) is 1.82. The Kier molecular flexibility index (Phi) is 3.80. The molecule has 0 spiro atoms. The van der Waals surface area contributed by atoms with Crippen LogP contribution in [0.3, 0.4) is 0 Å². The number of carbonyl (C=O) groups excluding carboxylic acids is 1. The van der Waals surface area contributed by atoms with Crippen LogP contribution in [-0.2, 0) is 0 Å². The summed E-state index contributed by atoms with van der Waals surface area (Å²) in [6.45, 7) is 0. The summed E-state index contributed by atoms with van der Waals surface area (Å²) in [6.07, 6.45) is 0. The number of nitrogens with zero attached hydrogens (tertiary/aromatic N) is 1. The van der Waals surface area contributed by atoms with Crippen molar-refractivity contribution >= 4 is 55.8 Å². The lowest BCUT2D eigenvalue weighted by Crippen LogP contribution is -2.13. The summed E-state index contributed by atoms with van der Waals surface area (Å²) in [7, 11) is 0. The van der Waals surface area contributed by atoms with Crippen LogP contribution in [0.25, 0.3) is 10.2 Å². The summed E-state index contributed by atoms with van der Waals surface area (Å²) in [4.78, 5) is 16.2. The Labute approximate surface area is 133 Å². The van der Waals surface area contributed by atoms with E-state index in [1.165, 1.54) is 29.5 Å². The Morgan fingerprint density at radius 3 is 2.76 bits per heavy atom. The van der Waals surface area contributed by atoms with E-state index < -0.39 is 11.7 Å². The summed E-state index contributed by atoms with van der Waals surface area (Å²) >= 11 is 13.2. The molecule has 0 radical (unpaired) electrons. The molecule has 0 aliphatic rings. The van der Waals surface area contributed by atoms with Crippen LogP contribution >= 0.6 is 34.5 Å². The molecule has 7 heteroatoms. The number of thiazole rings is 1. The number of hydrogen-bond acceptors (Lipinski definition) is 3. The van der Waals surface area contributed by atoms with Crippen molar-refractivity contribution in [3.63, 3.8) is 0 Å². The normalized spacial score (nSPS) is 10.8. The third-order valence-electron chi connectivity index (χ3n) is 2.75. The number of halogens is 3. The molecule has 1 amide bonds. The standard InChI is InChI=1S/C14H7Cl2FN2OS/c15-7-5-9(16)12-11(6-7)21-14(18-12)19-13(20)8-3-1-2-4-10(8)17/h1-6H,(H,18,19,20). The summed E-state index contributed by atoms with van der Waals surface area (Å²) in [5.41, 5.74) is 0.510. The maximum absolute atomic E-state index is 13.5. The molecule has 3 aromatic rings. The predicted molar refractivity (Wildman–Crippen MR) is 84.0 cm³/mol. The monoisotopic (exact) mass is 340 g/mol. The number of benzene rings is 2. The van der Waals surface area contributed by atoms with Crippen LogP contribution in [0, 0.1) is 5.82 Å². The van der Waals surface area contributed by atoms with Crippen molar-refractivity contribution in [1.29, 1.82) is 0 Å². The van der Waals surface area contributed by atoms with Crippen LogP contribution in [0.5, 0.6) is 0 Å². The number of rotatable bonds is 2. The van der Waals surface area contributed by atoms with E-state index in [-0.39, 0.29) is 5.56 Å². The van der Waals surface area contributed by atoms with Crippen LogP contribution in [0.4, 0.5) is 9.52 Å². The fourth-order valence-corrected chi connectivity index (χ4v) is 3.40. The number of carbonyl (C=O) groups is 1. The third-order valence-corrected chi connectivity index (χ3v) is 4.18. The molecule has 3 rings (SSSR count). The van der Waals surface area contributed by atoms with Gasteiger partial charge in [-0.05, 0) is 24.3 Å². The highest BCUT2D eigenvalue weighted by Crippen LogP contribution is 2.33. The summed E-state index contributed by atoms with van der Waals surface area (Å²) in [6, 6.07) is 9.02. The zero-order valence-corrected chi connectivity index (χ0v) is 12.7. The number of aromatic nitrogens is 1. The second-order valence-corrected chi connectivity index (χ2v) is 6.06. The highest BCUT2D eigenvalue weighted by molar-refractivity contribution is 7.22. The molecule has 0 unspecified atom stereocenters. The molecule has 3 nitrogen and oxygen atoms in total. The number of hydrogen-bond donors (Lipinski definition) is 1. The molecular weight excluding hydrogens is 334 g/mol. The van der Waals surface area contributed by atoms with Gasteiger partial charge in [-0.2, -0.15) is 0 Å². The summed E-state index contributed by atoms with van der Waals surface area (Å²) < 4.78 is 14.3. The molecule has 0 saturated carbocycles. The van der Waals surface area contributed by atoms with Crippen molar-refractivity contribution in [2.75, 3.05) is 5.32 Å². The highest BCUT2D eigenvalue weighted by Gasteiger charge is 2.14. The van der Waals surface area contributed by atoms with E-state index in [4.69, 9.17) is 23.2 Å². The second-order valence-electron chi connectivity index (χ2n) is 4.19. The maximum atomic E-state index is 13.5. The third kappa shape index (κ3) is 2.85. The zero-order valence-electron chi connectivity index (χ0n) is 10.4. The van der Waals surface area contributed by atoms with Crippen LogP contribution in [-0.4, -0.2) is 10.9 Å². The quantitative estimate of drug-likeness (QED) is 0.713. The Bertz CT molecular complexity index is 850. The van der Waals surface area contributed by atoms with Crippen molar-refractivity contribution in [3.05, 3.63) is 57.8 Å². The predicted octanol–water partition coefficient (Wildman–Crippen LogP) is 4.99. The van der Waals surface area contributed by atoms with E-state index in [0.29, 0.717) is 20.7 Å². The van der Waals surface area contributed by atoms with Gasteiger partial charge in [-0.1, -0.05) is 46.7 Å². The van der Waals surface area contributed by atoms with Gasteiger partial charge in [-0.3, -0.25) is 10.1 Å². The first-order chi connectivity index (χ1) is 10.0. The van der Waals surface area contributed by atoms with Crippen LogP contribution < -0.4 is 5.32 Å². The maximum Gasteiger partial charge on any atom is 0.260 e. The topological polar surface area (TPSA) is 42.0 Å². The molecule has 0 atom stereocenters. The van der Waals surface area contributed by atoms with Gasteiger partial charge in [0.1, 0.15) is 11.3 Å². The molecule has 21 heavy (non-hydrogen) atoms. The van der Waals surface area contributed by atoms with Crippen molar-refractivity contribution in [2.24, 2.45) is 0 Å². The first kappa shape index (κ1) is 14.3. The number of anilines is 1. The molecule has 0 saturated heterocycles. The molecule has 106 valence electrons. The van der Waals surface area contributed by atoms with Gasteiger partial charge < -0.3 is 0 Å². The lowest BCUT2D eigenvalue weighted by atomic mass is 10.2. The summed E-state index contributed by atoms with van der Waals surface area (Å²) in [5, 5.41) is 3.79. The fraction of sp³-hybridized carbons (Fsp3) is 0. The van der Waals surface area contributed by atoms with Crippen LogP contribution in [0.2, 0.25) is 10.0 Å². The van der Waals surface area contributed by atoms with Crippen LogP contribution in [0.1, 0.15) is 10.4 Å². The van der Waals surface area contributed by atoms with Gasteiger partial charge in [0.15, 0.2) is 5.13 Å². The van der Waals surface area contributed by atoms with E-state index in [1.54, 1.807) is 18.2 Å². The molecule has 0 bridgehead atoms. The van der Waals surface area contributed by atoms with Gasteiger partial charge in [0.2, 0.25) is 0 Å². The Morgan fingerprint density at radius 2 is 2.00 bits per heavy atom. The van der Waals surface area contributed by atoms with E-state index in [2.05, 4.69) is 10.3 Å². The zero-order chi connectivity index (χ0) is 15.0. The molecule has 0 aliphatic carbocycles. The van der Waals surface area contributed by atoms with Gasteiger partial charge in [0.05, 0.1) is 15.3 Å². The first-order valence-electron chi connectivity index (χ1n) is 5.86. The van der Waals surface area contributed by atoms with Gasteiger partial charge in [-0.25, -0.2) is 9.37 Å². The molecule has 2 aromatic carbocycles. The molecule has 0 fully saturated rings. The molecular formula is C14H7Cl2FN2OS. The minimum atomic E-state index is -0.586. The van der Waals surface area contributed by atoms with E-state index in [1.807, 2.05) is 0 Å². The minimum Gasteiger partial charge on any atom is -0.298 e. The first-order valence-corrected chi connectivity index (χ1v) is 7.43. The molecule has 1 heterocycles. The van der Waals surface area contributed by atoms with Crippen molar-refractivity contribution in [3.8, 4) is 0 Å². The number of fused-ring (bicyclic) bond motifs is 1. The summed E-state index contributed by atoms with van der Waals surface area (Å²) in [5.74, 6) is -1.15. The molecule has 0 aliphatic heterocycles. The van der Waals surface area contributed by atoms with Crippen molar-refractivity contribution in [2.45, 2.75) is 0 Å². The average molecular weight is 341 g/mol. The number of nitrogens with one attached hydrogen (secondary N) is 1. The van der Waals surface area contributed by atoms with E-state index in [0.717, 1.165) is 4.70 Å². The van der Waals surface area contributed by atoms with Crippen molar-refractivity contribution in [1.82, 2.24) is 4.98 Å². The van der Waals surface area contributed by atoms with E-state index in [9.17, 15) is 9.18 Å². The lowest BCUT2D eigenvalue weighted by molar-refractivity contribution is 0.102. The van der Waals surface area contributed by atoms with Crippen molar-refractivity contribution < 1.29 is 9.18 Å². The Morgan fingerprint density at radius 1 is 1.24 bits per heavy atom. The van der Waals surface area contributed by atoms with Gasteiger partial charge in [0, 0.05) is 5.02 Å². The van der Waals surface area contributed by atoms with Gasteiger partial charge in [-0.15, -0.1) is 0 Å². The van der Waals surface area contributed by atoms with Crippen LogP contribution in [0.15, 0.2) is 36.4 Å². The minimum absolute atomic E-state index is 0.0408. The SMILES string of the molecule is O=C(Nc1nc2c(Cl)cc(Cl)cc2s1)c1ccccc1F. The smallest absolute Gasteiger partial charge is 0.260 e. The van der Waals surface area contributed by atoms with Gasteiger partial charge >= 0.3 is 0 Å². The average Bonchev–Trinajstić information content (AvgIpc) is 2.81. The lowest BCUT2D eigenvalue weighted by Gasteiger charge is -2.02. The Balaban J connectivity index is 1.94. The van der Waals surface area contributed by atoms with Gasteiger partial charge in [0.25, 0.3) is 5.91 Å². The number of amides is 1. The molecule has 1 aromatic heterocycles. The highest BCUT2D eigenvalue weighted by atomic mass is 35.5. The molecule has 1 N–H and O–H groups in total.